The molecule has 2 amide bonds. The van der Waals surface area contributed by atoms with Crippen LogP contribution in [0.15, 0.2) is 42.5 Å². The van der Waals surface area contributed by atoms with Crippen LogP contribution in [0.3, 0.4) is 0 Å². The lowest BCUT2D eigenvalue weighted by Crippen LogP contribution is -2.28. The molecule has 0 atom stereocenters. The Labute approximate surface area is 227 Å². The molecule has 8 nitrogen and oxygen atoms in total. The summed E-state index contributed by atoms with van der Waals surface area (Å²) in [5.41, 5.74) is 1.95. The molecule has 202 valence electrons. The molecule has 2 aromatic carbocycles. The third-order valence-electron chi connectivity index (χ3n) is 6.87. The summed E-state index contributed by atoms with van der Waals surface area (Å²) < 4.78 is 5.93. The highest BCUT2D eigenvalue weighted by molar-refractivity contribution is 7.11. The third kappa shape index (κ3) is 6.11. The number of aromatic hydroxyl groups is 2. The predicted molar refractivity (Wildman–Crippen MR) is 148 cm³/mol. The summed E-state index contributed by atoms with van der Waals surface area (Å²) in [4.78, 5) is 34.1. The second-order valence-corrected chi connectivity index (χ2v) is 10.9. The summed E-state index contributed by atoms with van der Waals surface area (Å²) in [7, 11) is 1.64. The second-order valence-electron chi connectivity index (χ2n) is 9.53. The topological polar surface area (TPSA) is 93.6 Å². The largest absolute Gasteiger partial charge is 0.507 e. The van der Waals surface area contributed by atoms with E-state index in [1.807, 2.05) is 37.3 Å². The number of carbonyl (C=O) groups excluding carboxylic acids is 2. The molecule has 0 fully saturated rings. The van der Waals surface area contributed by atoms with Crippen LogP contribution in [-0.4, -0.2) is 70.0 Å². The number of phenolic OH excluding ortho intramolecular Hbond substituents is 2. The molecule has 1 aromatic heterocycles. The number of thiophene rings is 1. The first-order chi connectivity index (χ1) is 18.2. The van der Waals surface area contributed by atoms with E-state index < -0.39 is 11.8 Å². The van der Waals surface area contributed by atoms with Crippen LogP contribution < -0.4 is 4.74 Å². The lowest BCUT2D eigenvalue weighted by atomic mass is 10.1. The molecule has 0 radical (unpaired) electrons. The van der Waals surface area contributed by atoms with Crippen molar-refractivity contribution in [2.45, 2.75) is 40.4 Å². The van der Waals surface area contributed by atoms with E-state index in [2.05, 4.69) is 18.7 Å². The van der Waals surface area contributed by atoms with Gasteiger partial charge in [-0.1, -0.05) is 19.9 Å². The Kier molecular flexibility index (Phi) is 8.58. The Hall–Kier alpha value is -3.56. The Morgan fingerprint density at radius 2 is 1.68 bits per heavy atom. The minimum absolute atomic E-state index is 0.0185. The van der Waals surface area contributed by atoms with E-state index in [0.717, 1.165) is 52.3 Å². The summed E-state index contributed by atoms with van der Waals surface area (Å²) in [6, 6.07) is 12.1. The van der Waals surface area contributed by atoms with E-state index >= 15 is 0 Å². The van der Waals surface area contributed by atoms with Crippen molar-refractivity contribution in [3.63, 3.8) is 0 Å². The molecule has 4 rings (SSSR count). The fraction of sp³-hybridized carbons (Fsp3) is 0.379. The SMILES string of the molecule is CCN(CC)CCOc1ccc2c(c1)CN(C(=O)c1cc(C(=O)N(C)Cc3ccc(C)s3)c(O)cc1O)C2. The van der Waals surface area contributed by atoms with Gasteiger partial charge in [-0.15, -0.1) is 11.3 Å². The number of fused-ring (bicyclic) bond motifs is 1. The van der Waals surface area contributed by atoms with Crippen molar-refractivity contribution in [2.75, 3.05) is 33.3 Å². The Balaban J connectivity index is 1.45. The number of nitrogens with zero attached hydrogens (tertiary/aromatic N) is 3. The molecule has 0 aliphatic carbocycles. The highest BCUT2D eigenvalue weighted by atomic mass is 32.1. The Morgan fingerprint density at radius 3 is 2.37 bits per heavy atom. The molecule has 0 unspecified atom stereocenters. The molecular weight excluding hydrogens is 502 g/mol. The van der Waals surface area contributed by atoms with E-state index in [9.17, 15) is 19.8 Å². The maximum absolute atomic E-state index is 13.4. The molecule has 38 heavy (non-hydrogen) atoms. The van der Waals surface area contributed by atoms with Crippen LogP contribution in [0.4, 0.5) is 0 Å². The zero-order valence-corrected chi connectivity index (χ0v) is 23.2. The molecular formula is C29H35N3O5S. The zero-order valence-electron chi connectivity index (χ0n) is 22.4. The number of hydrogen-bond acceptors (Lipinski definition) is 7. The fourth-order valence-electron chi connectivity index (χ4n) is 4.61. The molecule has 0 spiro atoms. The molecule has 3 aromatic rings. The standard InChI is InChI=1S/C29H35N3O5S/c1-5-31(6-2)11-12-37-22-9-8-20-16-32(17-21(20)13-22)29(36)25-14-24(26(33)15-27(25)34)28(35)30(4)18-23-10-7-19(3)38-23/h7-10,13-15,33-34H,5-6,11-12,16-18H2,1-4H3. The number of likely N-dealkylation sites (N-methyl/N-ethyl adjacent to an activating group) is 1. The van der Waals surface area contributed by atoms with Crippen LogP contribution in [0.5, 0.6) is 17.2 Å². The van der Waals surface area contributed by atoms with Crippen molar-refractivity contribution < 1.29 is 24.5 Å². The van der Waals surface area contributed by atoms with Gasteiger partial charge in [-0.25, -0.2) is 0 Å². The van der Waals surface area contributed by atoms with Crippen molar-refractivity contribution in [3.05, 3.63) is 74.5 Å². The number of ether oxygens (including phenoxy) is 1. The van der Waals surface area contributed by atoms with Gasteiger partial charge >= 0.3 is 0 Å². The summed E-state index contributed by atoms with van der Waals surface area (Å²) >= 11 is 1.59. The molecule has 0 bridgehead atoms. The van der Waals surface area contributed by atoms with E-state index in [0.29, 0.717) is 26.2 Å². The third-order valence-corrected chi connectivity index (χ3v) is 7.85. The normalized spacial score (nSPS) is 12.6. The Morgan fingerprint density at radius 1 is 0.974 bits per heavy atom. The lowest BCUT2D eigenvalue weighted by Gasteiger charge is -2.20. The predicted octanol–water partition coefficient (Wildman–Crippen LogP) is 4.62. The molecule has 2 N–H and O–H groups in total. The van der Waals surface area contributed by atoms with Gasteiger partial charge in [0.1, 0.15) is 23.9 Å². The molecule has 0 saturated carbocycles. The van der Waals surface area contributed by atoms with Crippen LogP contribution in [0.2, 0.25) is 0 Å². The molecule has 1 aliphatic heterocycles. The quantitative estimate of drug-likeness (QED) is 0.392. The molecule has 2 heterocycles. The van der Waals surface area contributed by atoms with Gasteiger partial charge in [-0.2, -0.15) is 0 Å². The van der Waals surface area contributed by atoms with Crippen molar-refractivity contribution >= 4 is 23.2 Å². The number of rotatable bonds is 10. The highest BCUT2D eigenvalue weighted by Gasteiger charge is 2.29. The van der Waals surface area contributed by atoms with Crippen LogP contribution >= 0.6 is 11.3 Å². The number of aryl methyl sites for hydroxylation is 1. The van der Waals surface area contributed by atoms with Gasteiger partial charge < -0.3 is 29.6 Å². The minimum Gasteiger partial charge on any atom is -0.507 e. The van der Waals surface area contributed by atoms with E-state index in [1.54, 1.807) is 23.3 Å². The van der Waals surface area contributed by atoms with E-state index in [-0.39, 0.29) is 22.6 Å². The molecule has 9 heteroatoms. The van der Waals surface area contributed by atoms with Crippen molar-refractivity contribution in [2.24, 2.45) is 0 Å². The smallest absolute Gasteiger partial charge is 0.258 e. The van der Waals surface area contributed by atoms with Crippen LogP contribution in [0.25, 0.3) is 0 Å². The number of benzene rings is 2. The minimum atomic E-state index is -0.432. The van der Waals surface area contributed by atoms with Gasteiger partial charge in [0.05, 0.1) is 17.7 Å². The Bertz CT molecular complexity index is 1320. The number of carbonyl (C=O) groups is 2. The van der Waals surface area contributed by atoms with Crippen LogP contribution in [-0.2, 0) is 19.6 Å². The summed E-state index contributed by atoms with van der Waals surface area (Å²) in [6.45, 7) is 10.8. The lowest BCUT2D eigenvalue weighted by molar-refractivity contribution is 0.0748. The zero-order chi connectivity index (χ0) is 27.4. The van der Waals surface area contributed by atoms with Crippen molar-refractivity contribution in [1.29, 1.82) is 0 Å². The molecule has 1 aliphatic rings. The van der Waals surface area contributed by atoms with Gasteiger partial charge in [0.2, 0.25) is 0 Å². The van der Waals surface area contributed by atoms with Crippen molar-refractivity contribution in [1.82, 2.24) is 14.7 Å². The fourth-order valence-corrected chi connectivity index (χ4v) is 5.55. The summed E-state index contributed by atoms with van der Waals surface area (Å²) in [5, 5.41) is 20.9. The van der Waals surface area contributed by atoms with Gasteiger partial charge in [-0.3, -0.25) is 9.59 Å². The van der Waals surface area contributed by atoms with Gasteiger partial charge in [0, 0.05) is 42.5 Å². The van der Waals surface area contributed by atoms with Gasteiger partial charge in [0.15, 0.2) is 0 Å². The number of amides is 2. The highest BCUT2D eigenvalue weighted by Crippen LogP contribution is 2.33. The number of hydrogen-bond donors (Lipinski definition) is 2. The maximum Gasteiger partial charge on any atom is 0.258 e. The van der Waals surface area contributed by atoms with Crippen LogP contribution in [0, 0.1) is 6.92 Å². The van der Waals surface area contributed by atoms with Crippen molar-refractivity contribution in [3.8, 4) is 17.2 Å². The number of phenols is 2. The monoisotopic (exact) mass is 537 g/mol. The average Bonchev–Trinajstić information content (AvgIpc) is 3.51. The van der Waals surface area contributed by atoms with E-state index in [4.69, 9.17) is 4.74 Å². The van der Waals surface area contributed by atoms with Gasteiger partial charge in [-0.05, 0) is 61.5 Å². The second kappa shape index (κ2) is 11.9. The first-order valence-electron chi connectivity index (χ1n) is 12.8. The summed E-state index contributed by atoms with van der Waals surface area (Å²) in [5.74, 6) is -0.812. The summed E-state index contributed by atoms with van der Waals surface area (Å²) in [6.07, 6.45) is 0. The first kappa shape index (κ1) is 27.5. The van der Waals surface area contributed by atoms with Gasteiger partial charge in [0.25, 0.3) is 11.8 Å². The maximum atomic E-state index is 13.4. The first-order valence-corrected chi connectivity index (χ1v) is 13.6. The van der Waals surface area contributed by atoms with E-state index in [1.165, 1.54) is 11.0 Å². The van der Waals surface area contributed by atoms with Crippen LogP contribution in [0.1, 0.15) is 55.4 Å². The molecule has 0 saturated heterocycles. The average molecular weight is 538 g/mol.